The van der Waals surface area contributed by atoms with Gasteiger partial charge in [0.1, 0.15) is 5.76 Å². The predicted molar refractivity (Wildman–Crippen MR) is 136 cm³/mol. The molecule has 1 fully saturated rings. The highest BCUT2D eigenvalue weighted by atomic mass is 16.3. The summed E-state index contributed by atoms with van der Waals surface area (Å²) in [5.41, 5.74) is 13.0. The minimum atomic E-state index is 0.0709. The van der Waals surface area contributed by atoms with Crippen LogP contribution >= 0.6 is 0 Å². The number of nitrogens with zero attached hydrogens (tertiary/aromatic N) is 2. The van der Waals surface area contributed by atoms with Crippen LogP contribution in [0.5, 0.6) is 0 Å². The van der Waals surface area contributed by atoms with Crippen molar-refractivity contribution in [2.75, 3.05) is 5.73 Å². The number of aromatic nitrogens is 2. The Bertz CT molecular complexity index is 1270. The largest absolute Gasteiger partial charge is 0.508 e. The zero-order chi connectivity index (χ0) is 22.8. The maximum atomic E-state index is 10.0. The van der Waals surface area contributed by atoms with E-state index < -0.39 is 0 Å². The van der Waals surface area contributed by atoms with E-state index in [0.29, 0.717) is 11.9 Å². The fourth-order valence-electron chi connectivity index (χ4n) is 5.38. The monoisotopic (exact) mass is 437 g/mol. The Morgan fingerprint density at radius 3 is 2.52 bits per heavy atom. The summed E-state index contributed by atoms with van der Waals surface area (Å²) in [5, 5.41) is 10.0. The van der Waals surface area contributed by atoms with Crippen LogP contribution in [-0.4, -0.2) is 14.7 Å². The van der Waals surface area contributed by atoms with Crippen molar-refractivity contribution in [3.63, 3.8) is 0 Å². The van der Waals surface area contributed by atoms with Crippen molar-refractivity contribution >= 4 is 22.7 Å². The van der Waals surface area contributed by atoms with Gasteiger partial charge in [0.05, 0.1) is 17.1 Å². The summed E-state index contributed by atoms with van der Waals surface area (Å²) in [6.07, 6.45) is 6.96. The topological polar surface area (TPSA) is 64.1 Å². The lowest BCUT2D eigenvalue weighted by molar-refractivity contribution is 0.284. The Balaban J connectivity index is 1.63. The molecule has 0 spiro atoms. The minimum Gasteiger partial charge on any atom is -0.508 e. The zero-order valence-electron chi connectivity index (χ0n) is 19.0. The molecule has 0 saturated heterocycles. The minimum absolute atomic E-state index is 0.0709. The highest BCUT2D eigenvalue weighted by Crippen LogP contribution is 2.41. The number of benzene rings is 3. The van der Waals surface area contributed by atoms with E-state index >= 15 is 0 Å². The number of hydrogen-bond acceptors (Lipinski definition) is 3. The number of fused-ring (bicyclic) bond motifs is 1. The van der Waals surface area contributed by atoms with E-state index in [4.69, 9.17) is 10.7 Å². The van der Waals surface area contributed by atoms with Crippen LogP contribution in [0.1, 0.15) is 60.4 Å². The van der Waals surface area contributed by atoms with Crippen LogP contribution in [0.3, 0.4) is 0 Å². The van der Waals surface area contributed by atoms with Gasteiger partial charge >= 0.3 is 0 Å². The summed E-state index contributed by atoms with van der Waals surface area (Å²) in [7, 11) is 0. The fraction of sp³-hybridized carbons (Fsp3) is 0.276. The molecule has 5 rings (SSSR count). The standard InChI is InChI=1S/C29H31N3O/c1-20(33)24-13-8-14-25(19-24)28(23-11-6-3-7-12-23)32-27-18-22(15-16-26(27)31-29(32)30)17-21-9-4-2-5-10-21/h2,4-5,8-10,13-16,18-19,23,28,33H,1,3,6-7,11-12,17H2,(H2,30,31). The Hall–Kier alpha value is -3.53. The summed E-state index contributed by atoms with van der Waals surface area (Å²) >= 11 is 0. The van der Waals surface area contributed by atoms with Gasteiger partial charge in [-0.05, 0) is 60.1 Å². The first-order chi connectivity index (χ1) is 16.1. The molecule has 1 heterocycles. The van der Waals surface area contributed by atoms with E-state index in [2.05, 4.69) is 65.7 Å². The lowest BCUT2D eigenvalue weighted by atomic mass is 9.80. The molecule has 1 aliphatic carbocycles. The van der Waals surface area contributed by atoms with Gasteiger partial charge in [-0.3, -0.25) is 0 Å². The number of rotatable bonds is 6. The molecular formula is C29H31N3O. The summed E-state index contributed by atoms with van der Waals surface area (Å²) in [6.45, 7) is 3.73. The smallest absolute Gasteiger partial charge is 0.201 e. The Morgan fingerprint density at radius 1 is 0.970 bits per heavy atom. The first-order valence-electron chi connectivity index (χ1n) is 11.9. The van der Waals surface area contributed by atoms with Crippen molar-refractivity contribution in [1.29, 1.82) is 0 Å². The van der Waals surface area contributed by atoms with Crippen LogP contribution in [0.2, 0.25) is 0 Å². The molecule has 1 aliphatic rings. The molecular weight excluding hydrogens is 406 g/mol. The SMILES string of the molecule is C=C(O)c1cccc(C(C2CCCCC2)n2c(N)nc3ccc(Cc4ccccc4)cc32)c1. The number of nitrogens with two attached hydrogens (primary N) is 1. The van der Waals surface area contributed by atoms with Gasteiger partial charge in [0, 0.05) is 5.56 Å². The number of imidazole rings is 1. The molecule has 33 heavy (non-hydrogen) atoms. The van der Waals surface area contributed by atoms with E-state index in [1.165, 1.54) is 30.4 Å². The van der Waals surface area contributed by atoms with Crippen LogP contribution in [-0.2, 0) is 6.42 Å². The molecule has 3 N–H and O–H groups in total. The second-order valence-electron chi connectivity index (χ2n) is 9.24. The van der Waals surface area contributed by atoms with Gasteiger partial charge in [0.15, 0.2) is 0 Å². The third-order valence-corrected chi connectivity index (χ3v) is 6.97. The van der Waals surface area contributed by atoms with Gasteiger partial charge in [0.2, 0.25) is 5.95 Å². The molecule has 4 aromatic rings. The van der Waals surface area contributed by atoms with Crippen LogP contribution in [0.4, 0.5) is 5.95 Å². The summed E-state index contributed by atoms with van der Waals surface area (Å²) in [5.74, 6) is 1.11. The molecule has 1 unspecified atom stereocenters. The van der Waals surface area contributed by atoms with Crippen molar-refractivity contribution in [2.24, 2.45) is 5.92 Å². The summed E-state index contributed by atoms with van der Waals surface area (Å²) < 4.78 is 2.24. The maximum absolute atomic E-state index is 10.0. The second-order valence-corrected chi connectivity index (χ2v) is 9.24. The average Bonchev–Trinajstić information content (AvgIpc) is 3.16. The second kappa shape index (κ2) is 9.14. The summed E-state index contributed by atoms with van der Waals surface area (Å²) in [6, 6.07) is 25.2. The molecule has 4 heteroatoms. The van der Waals surface area contributed by atoms with Crippen molar-refractivity contribution in [2.45, 2.75) is 44.6 Å². The number of anilines is 1. The first kappa shape index (κ1) is 21.3. The molecule has 168 valence electrons. The van der Waals surface area contributed by atoms with Crippen LogP contribution < -0.4 is 5.73 Å². The molecule has 4 nitrogen and oxygen atoms in total. The number of aliphatic hydroxyl groups excluding tert-OH is 1. The number of nitrogen functional groups attached to an aromatic ring is 1. The van der Waals surface area contributed by atoms with E-state index in [-0.39, 0.29) is 11.8 Å². The van der Waals surface area contributed by atoms with Crippen LogP contribution in [0.25, 0.3) is 16.8 Å². The lowest BCUT2D eigenvalue weighted by Gasteiger charge is -2.33. The van der Waals surface area contributed by atoms with Crippen molar-refractivity contribution < 1.29 is 5.11 Å². The molecule has 1 atom stereocenters. The van der Waals surface area contributed by atoms with E-state index in [9.17, 15) is 5.11 Å². The highest BCUT2D eigenvalue weighted by molar-refractivity contribution is 5.79. The van der Waals surface area contributed by atoms with E-state index in [1.807, 2.05) is 18.2 Å². The van der Waals surface area contributed by atoms with Crippen molar-refractivity contribution in [3.05, 3.63) is 102 Å². The van der Waals surface area contributed by atoms with Crippen LogP contribution in [0.15, 0.2) is 79.4 Å². The summed E-state index contributed by atoms with van der Waals surface area (Å²) in [4.78, 5) is 4.73. The van der Waals surface area contributed by atoms with Gasteiger partial charge in [-0.2, -0.15) is 0 Å². The molecule has 1 aromatic heterocycles. The van der Waals surface area contributed by atoms with E-state index in [0.717, 1.165) is 41.4 Å². The van der Waals surface area contributed by atoms with Crippen molar-refractivity contribution in [3.8, 4) is 0 Å². The van der Waals surface area contributed by atoms with Gasteiger partial charge < -0.3 is 15.4 Å². The van der Waals surface area contributed by atoms with Gasteiger partial charge in [0.25, 0.3) is 0 Å². The normalized spacial score (nSPS) is 15.5. The predicted octanol–water partition coefficient (Wildman–Crippen LogP) is 6.91. The van der Waals surface area contributed by atoms with Gasteiger partial charge in [-0.15, -0.1) is 0 Å². The molecule has 1 saturated carbocycles. The Kier molecular flexibility index (Phi) is 5.91. The van der Waals surface area contributed by atoms with Gasteiger partial charge in [-0.25, -0.2) is 4.98 Å². The molecule has 0 aliphatic heterocycles. The third-order valence-electron chi connectivity index (χ3n) is 6.97. The maximum Gasteiger partial charge on any atom is 0.201 e. The molecule has 0 radical (unpaired) electrons. The van der Waals surface area contributed by atoms with Crippen molar-refractivity contribution in [1.82, 2.24) is 9.55 Å². The number of aliphatic hydroxyl groups is 1. The third kappa shape index (κ3) is 4.38. The van der Waals surface area contributed by atoms with Gasteiger partial charge in [-0.1, -0.05) is 80.4 Å². The quantitative estimate of drug-likeness (QED) is 0.322. The molecule has 0 amide bonds. The highest BCUT2D eigenvalue weighted by Gasteiger charge is 2.30. The first-order valence-corrected chi connectivity index (χ1v) is 11.9. The Labute approximate surface area is 195 Å². The number of hydrogen-bond donors (Lipinski definition) is 2. The van der Waals surface area contributed by atoms with Crippen LogP contribution in [0, 0.1) is 5.92 Å². The fourth-order valence-corrected chi connectivity index (χ4v) is 5.38. The molecule has 3 aromatic carbocycles. The lowest BCUT2D eigenvalue weighted by Crippen LogP contribution is -2.24. The Morgan fingerprint density at radius 2 is 1.76 bits per heavy atom. The zero-order valence-corrected chi connectivity index (χ0v) is 19.0. The van der Waals surface area contributed by atoms with E-state index in [1.54, 1.807) is 0 Å². The molecule has 0 bridgehead atoms. The average molecular weight is 438 g/mol.